The maximum Gasteiger partial charge on any atom is 0.407 e. The molecule has 2 saturated heterocycles. The summed E-state index contributed by atoms with van der Waals surface area (Å²) in [5, 5.41) is 12.4. The fourth-order valence-corrected chi connectivity index (χ4v) is 5.98. The van der Waals surface area contributed by atoms with Crippen LogP contribution < -0.4 is 10.0 Å². The number of aliphatic carboxylic acids is 1. The summed E-state index contributed by atoms with van der Waals surface area (Å²) >= 11 is 0. The molecule has 3 rings (SSSR count). The molecule has 40 heavy (non-hydrogen) atoms. The smallest absolute Gasteiger partial charge is 0.407 e. The van der Waals surface area contributed by atoms with Gasteiger partial charge in [0.25, 0.3) is 0 Å². The van der Waals surface area contributed by atoms with Crippen LogP contribution in [0.3, 0.4) is 0 Å². The first-order chi connectivity index (χ1) is 18.7. The lowest BCUT2D eigenvalue weighted by atomic mass is 10.1. The zero-order valence-electron chi connectivity index (χ0n) is 23.0. The normalized spacial score (nSPS) is 20.6. The Kier molecular flexibility index (Phi) is 10.5. The average molecular weight is 583 g/mol. The highest BCUT2D eigenvalue weighted by Gasteiger charge is 2.43. The van der Waals surface area contributed by atoms with Crippen LogP contribution in [0.15, 0.2) is 30.3 Å². The van der Waals surface area contributed by atoms with E-state index in [2.05, 4.69) is 10.0 Å². The monoisotopic (exact) mass is 582 g/mol. The Morgan fingerprint density at radius 2 is 1.77 bits per heavy atom. The van der Waals surface area contributed by atoms with Crippen LogP contribution >= 0.6 is 0 Å². The summed E-state index contributed by atoms with van der Waals surface area (Å²) in [5.41, 5.74) is -0.281. The molecule has 0 saturated carbocycles. The van der Waals surface area contributed by atoms with Gasteiger partial charge in [-0.05, 0) is 32.8 Å². The molecule has 0 aromatic heterocycles. The highest BCUT2D eigenvalue weighted by atomic mass is 32.2. The lowest BCUT2D eigenvalue weighted by Crippen LogP contribution is -2.52. The van der Waals surface area contributed by atoms with Crippen LogP contribution in [0, 0.1) is 0 Å². The molecule has 14 heteroatoms. The minimum atomic E-state index is -4.05. The van der Waals surface area contributed by atoms with Crippen LogP contribution in [0.1, 0.15) is 45.6 Å². The van der Waals surface area contributed by atoms with E-state index in [4.69, 9.17) is 9.47 Å². The molecule has 1 aromatic rings. The van der Waals surface area contributed by atoms with E-state index < -0.39 is 57.5 Å². The predicted molar refractivity (Wildman–Crippen MR) is 144 cm³/mol. The van der Waals surface area contributed by atoms with Crippen molar-refractivity contribution in [3.05, 3.63) is 35.9 Å². The van der Waals surface area contributed by atoms with Crippen molar-refractivity contribution in [3.63, 3.8) is 0 Å². The van der Waals surface area contributed by atoms with Crippen molar-refractivity contribution in [2.45, 2.75) is 69.5 Å². The molecule has 2 aliphatic heterocycles. The van der Waals surface area contributed by atoms with Gasteiger partial charge in [-0.2, -0.15) is 0 Å². The first-order valence-corrected chi connectivity index (χ1v) is 14.8. The van der Waals surface area contributed by atoms with Crippen LogP contribution in [0.2, 0.25) is 0 Å². The number of carbonyl (C=O) groups excluding carboxylic acids is 3. The minimum absolute atomic E-state index is 0.0868. The van der Waals surface area contributed by atoms with Crippen molar-refractivity contribution >= 4 is 33.9 Å². The van der Waals surface area contributed by atoms with Crippen LogP contribution in [-0.2, 0) is 39.6 Å². The molecular formula is C26H38N4O9S. The standard InChI is InChI=1S/C26H38N4O9S/c1-26(2,3)39-25(35)27-19-15-21(24(33)34)30(16-19)23(32)20(9-10-22(31)29-11-13-38-14-12-29)28-40(36,37)17-18-7-5-4-6-8-18/h4-8,19-21,28H,9-17H2,1-3H3,(H,27,35)(H,33,34). The number of alkyl carbamates (subject to hydrolysis) is 1. The molecule has 2 heterocycles. The van der Waals surface area contributed by atoms with Crippen LogP contribution in [0.4, 0.5) is 4.79 Å². The molecule has 0 spiro atoms. The first-order valence-electron chi connectivity index (χ1n) is 13.2. The van der Waals surface area contributed by atoms with E-state index in [0.29, 0.717) is 31.9 Å². The SMILES string of the molecule is CC(C)(C)OC(=O)NC1CC(C(=O)O)N(C(=O)C(CCC(=O)N2CCOCC2)NS(=O)(=O)Cc2ccccc2)C1. The molecule has 0 radical (unpaired) electrons. The quantitative estimate of drug-likeness (QED) is 0.359. The second-order valence-electron chi connectivity index (χ2n) is 10.9. The first kappa shape index (κ1) is 31.3. The molecule has 3 amide bonds. The van der Waals surface area contributed by atoms with Gasteiger partial charge in [0.1, 0.15) is 17.7 Å². The molecule has 2 aliphatic rings. The molecule has 3 unspecified atom stereocenters. The van der Waals surface area contributed by atoms with Crippen LogP contribution in [0.25, 0.3) is 0 Å². The minimum Gasteiger partial charge on any atom is -0.480 e. The number of nitrogens with one attached hydrogen (secondary N) is 2. The van der Waals surface area contributed by atoms with Gasteiger partial charge in [0.2, 0.25) is 21.8 Å². The molecule has 0 aliphatic carbocycles. The van der Waals surface area contributed by atoms with E-state index in [0.717, 1.165) is 4.90 Å². The largest absolute Gasteiger partial charge is 0.480 e. The number of hydrogen-bond acceptors (Lipinski definition) is 8. The van der Waals surface area contributed by atoms with E-state index in [1.165, 1.54) is 0 Å². The summed E-state index contributed by atoms with van der Waals surface area (Å²) in [6, 6.07) is 4.97. The van der Waals surface area contributed by atoms with E-state index >= 15 is 0 Å². The number of amides is 3. The number of likely N-dealkylation sites (tertiary alicyclic amines) is 1. The Hall–Kier alpha value is -3.23. The Balaban J connectivity index is 1.77. The molecule has 222 valence electrons. The van der Waals surface area contributed by atoms with Gasteiger partial charge in [-0.1, -0.05) is 30.3 Å². The summed E-state index contributed by atoms with van der Waals surface area (Å²) in [7, 11) is -4.05. The van der Waals surface area contributed by atoms with Crippen LogP contribution in [0.5, 0.6) is 0 Å². The van der Waals surface area contributed by atoms with Gasteiger partial charge in [-0.15, -0.1) is 0 Å². The van der Waals surface area contributed by atoms with Gasteiger partial charge in [-0.25, -0.2) is 22.7 Å². The van der Waals surface area contributed by atoms with Crippen molar-refractivity contribution in [2.24, 2.45) is 0 Å². The number of carboxylic acids is 1. The number of carboxylic acid groups (broad SMARTS) is 1. The summed E-state index contributed by atoms with van der Waals surface area (Å²) < 4.78 is 39.0. The number of hydrogen-bond donors (Lipinski definition) is 3. The van der Waals surface area contributed by atoms with E-state index in [-0.39, 0.29) is 31.7 Å². The fourth-order valence-electron chi connectivity index (χ4n) is 4.62. The van der Waals surface area contributed by atoms with Crippen molar-refractivity contribution in [2.75, 3.05) is 32.8 Å². The second kappa shape index (κ2) is 13.4. The Morgan fingerprint density at radius 1 is 1.12 bits per heavy atom. The number of rotatable bonds is 10. The van der Waals surface area contributed by atoms with E-state index in [1.54, 1.807) is 56.0 Å². The molecule has 3 N–H and O–H groups in total. The lowest BCUT2D eigenvalue weighted by Gasteiger charge is -2.29. The maximum atomic E-state index is 13.7. The third-order valence-corrected chi connectivity index (χ3v) is 7.78. The molecule has 0 bridgehead atoms. The second-order valence-corrected chi connectivity index (χ2v) is 12.6. The number of carbonyl (C=O) groups is 4. The molecule has 1 aromatic carbocycles. The Bertz CT molecular complexity index is 1160. The van der Waals surface area contributed by atoms with Crippen molar-refractivity contribution < 1.29 is 42.2 Å². The van der Waals surface area contributed by atoms with Crippen molar-refractivity contribution in [3.8, 4) is 0 Å². The van der Waals surface area contributed by atoms with Gasteiger partial charge < -0.3 is 29.7 Å². The van der Waals surface area contributed by atoms with Gasteiger partial charge in [0, 0.05) is 32.5 Å². The van der Waals surface area contributed by atoms with Gasteiger partial charge >= 0.3 is 12.1 Å². The molecular weight excluding hydrogens is 544 g/mol. The zero-order valence-corrected chi connectivity index (χ0v) is 23.8. The molecule has 2 fully saturated rings. The zero-order chi connectivity index (χ0) is 29.5. The van der Waals surface area contributed by atoms with E-state index in [1.807, 2.05) is 0 Å². The molecule has 3 atom stereocenters. The Labute approximate surface area is 234 Å². The van der Waals surface area contributed by atoms with Crippen LogP contribution in [-0.4, -0.2) is 104 Å². The third-order valence-electron chi connectivity index (χ3n) is 6.42. The number of ether oxygens (including phenoxy) is 2. The van der Waals surface area contributed by atoms with Crippen molar-refractivity contribution in [1.29, 1.82) is 0 Å². The lowest BCUT2D eigenvalue weighted by molar-refractivity contribution is -0.149. The summed E-state index contributed by atoms with van der Waals surface area (Å²) in [4.78, 5) is 53.4. The number of nitrogens with zero attached hydrogens (tertiary/aromatic N) is 2. The summed E-state index contributed by atoms with van der Waals surface area (Å²) in [6.45, 7) is 6.44. The average Bonchev–Trinajstić information content (AvgIpc) is 3.29. The topological polar surface area (TPSA) is 172 Å². The van der Waals surface area contributed by atoms with E-state index in [9.17, 15) is 32.7 Å². The molecule has 13 nitrogen and oxygen atoms in total. The number of sulfonamides is 1. The predicted octanol–water partition coefficient (Wildman–Crippen LogP) is 0.692. The number of benzene rings is 1. The van der Waals surface area contributed by atoms with Gasteiger partial charge in [0.05, 0.1) is 25.0 Å². The third kappa shape index (κ3) is 9.45. The van der Waals surface area contributed by atoms with Crippen molar-refractivity contribution in [1.82, 2.24) is 19.8 Å². The summed E-state index contributed by atoms with van der Waals surface area (Å²) in [5.74, 6) is -2.74. The number of morpholine rings is 1. The highest BCUT2D eigenvalue weighted by molar-refractivity contribution is 7.88. The van der Waals surface area contributed by atoms with Gasteiger partial charge in [0.15, 0.2) is 0 Å². The summed E-state index contributed by atoms with van der Waals surface area (Å²) in [6.07, 6.45) is -1.14. The fraction of sp³-hybridized carbons (Fsp3) is 0.615. The van der Waals surface area contributed by atoms with Gasteiger partial charge in [-0.3, -0.25) is 9.59 Å². The maximum absolute atomic E-state index is 13.7. The highest BCUT2D eigenvalue weighted by Crippen LogP contribution is 2.22. The Morgan fingerprint density at radius 3 is 2.38 bits per heavy atom.